The smallest absolute Gasteiger partial charge is 0.248 e. The second-order valence-electron chi connectivity index (χ2n) is 3.38. The average molecular weight is 240 g/mol. The summed E-state index contributed by atoms with van der Waals surface area (Å²) in [5, 5.41) is 0. The number of aromatic nitrogens is 1. The largest absolute Gasteiger partial charge is 0.327 e. The number of nitrogens with zero attached hydrogens (tertiary/aromatic N) is 1. The van der Waals surface area contributed by atoms with Gasteiger partial charge >= 0.3 is 0 Å². The number of amides is 1. The molecule has 88 valence electrons. The number of nitrogens with two attached hydrogens (primary N) is 1. The van der Waals surface area contributed by atoms with E-state index in [2.05, 4.69) is 15.8 Å². The normalized spacial score (nSPS) is 11.9. The number of carbonyl (C=O) groups excluding carboxylic acids is 1. The lowest BCUT2D eigenvalue weighted by Gasteiger charge is -2.07. The molecule has 0 aliphatic rings. The van der Waals surface area contributed by atoms with Gasteiger partial charge in [-0.25, -0.2) is 4.98 Å². The second-order valence-corrected chi connectivity index (χ2v) is 4.41. The van der Waals surface area contributed by atoms with Crippen molar-refractivity contribution in [3.05, 3.63) is 24.4 Å². The molecular formula is C10H16N4OS. The number of pyridine rings is 1. The molecule has 0 saturated carbocycles. The molecule has 0 aliphatic heterocycles. The molecule has 1 heterocycles. The molecule has 0 aromatic carbocycles. The maximum Gasteiger partial charge on any atom is 0.248 e. The van der Waals surface area contributed by atoms with Crippen molar-refractivity contribution in [2.45, 2.75) is 13.0 Å². The maximum atomic E-state index is 11.3. The number of anilines is 1. The van der Waals surface area contributed by atoms with Crippen LogP contribution >= 0.6 is 11.8 Å². The minimum absolute atomic E-state index is 0.0868. The van der Waals surface area contributed by atoms with Crippen LogP contribution in [0, 0.1) is 0 Å². The summed E-state index contributed by atoms with van der Waals surface area (Å²) < 4.78 is 0. The van der Waals surface area contributed by atoms with Crippen molar-refractivity contribution in [3.8, 4) is 0 Å². The molecule has 1 rings (SSSR count). The molecule has 0 fully saturated rings. The van der Waals surface area contributed by atoms with Gasteiger partial charge in [-0.15, -0.1) is 0 Å². The number of rotatable bonds is 6. The van der Waals surface area contributed by atoms with Gasteiger partial charge in [-0.3, -0.25) is 15.6 Å². The zero-order chi connectivity index (χ0) is 11.8. The summed E-state index contributed by atoms with van der Waals surface area (Å²) >= 11 is 1.51. The van der Waals surface area contributed by atoms with Crippen molar-refractivity contribution in [2.24, 2.45) is 5.73 Å². The quantitative estimate of drug-likeness (QED) is 0.635. The number of carbonyl (C=O) groups is 1. The number of hydrogen-bond acceptors (Lipinski definition) is 5. The fraction of sp³-hybridized carbons (Fsp3) is 0.400. The van der Waals surface area contributed by atoms with Crippen molar-refractivity contribution in [1.82, 2.24) is 10.4 Å². The van der Waals surface area contributed by atoms with E-state index >= 15 is 0 Å². The average Bonchev–Trinajstić information content (AvgIpc) is 2.27. The molecule has 1 atom stereocenters. The van der Waals surface area contributed by atoms with Gasteiger partial charge in [0.1, 0.15) is 5.82 Å². The summed E-state index contributed by atoms with van der Waals surface area (Å²) in [5.74, 6) is 1.70. The van der Waals surface area contributed by atoms with E-state index in [1.54, 1.807) is 12.3 Å². The summed E-state index contributed by atoms with van der Waals surface area (Å²) in [6.07, 6.45) is 1.65. The van der Waals surface area contributed by atoms with Crippen LogP contribution in [0.25, 0.3) is 0 Å². The summed E-state index contributed by atoms with van der Waals surface area (Å²) in [5.41, 5.74) is 10.9. The Morgan fingerprint density at radius 1 is 1.62 bits per heavy atom. The highest BCUT2D eigenvalue weighted by Crippen LogP contribution is 2.01. The predicted octanol–water partition coefficient (Wildman–Crippen LogP) is 0.605. The van der Waals surface area contributed by atoms with Crippen LogP contribution in [0.15, 0.2) is 24.4 Å². The molecule has 0 radical (unpaired) electrons. The fourth-order valence-electron chi connectivity index (χ4n) is 0.944. The van der Waals surface area contributed by atoms with Crippen molar-refractivity contribution in [1.29, 1.82) is 0 Å². The van der Waals surface area contributed by atoms with Crippen molar-refractivity contribution in [3.63, 3.8) is 0 Å². The van der Waals surface area contributed by atoms with Crippen molar-refractivity contribution >= 4 is 23.5 Å². The highest BCUT2D eigenvalue weighted by Gasteiger charge is 2.02. The van der Waals surface area contributed by atoms with Crippen molar-refractivity contribution < 1.29 is 4.79 Å². The lowest BCUT2D eigenvalue weighted by Crippen LogP contribution is -2.31. The third kappa shape index (κ3) is 5.57. The Kier molecular flexibility index (Phi) is 5.66. The number of hydrogen-bond donors (Lipinski definition) is 3. The molecule has 1 aromatic heterocycles. The minimum Gasteiger partial charge on any atom is -0.327 e. The van der Waals surface area contributed by atoms with Gasteiger partial charge in [0.05, 0.1) is 5.75 Å². The van der Waals surface area contributed by atoms with Gasteiger partial charge in [-0.05, 0) is 19.1 Å². The van der Waals surface area contributed by atoms with E-state index in [4.69, 9.17) is 5.73 Å². The molecule has 16 heavy (non-hydrogen) atoms. The highest BCUT2D eigenvalue weighted by molar-refractivity contribution is 7.99. The van der Waals surface area contributed by atoms with Gasteiger partial charge in [0.2, 0.25) is 5.91 Å². The van der Waals surface area contributed by atoms with Crippen LogP contribution < -0.4 is 16.6 Å². The number of thioether (sulfide) groups is 1. The molecule has 0 bridgehead atoms. The Balaban J connectivity index is 2.16. The Hall–Kier alpha value is -1.27. The van der Waals surface area contributed by atoms with Gasteiger partial charge in [-0.2, -0.15) is 11.8 Å². The lowest BCUT2D eigenvalue weighted by molar-refractivity contribution is -0.118. The van der Waals surface area contributed by atoms with E-state index in [1.165, 1.54) is 11.8 Å². The third-order valence-corrected chi connectivity index (χ3v) is 2.84. The molecule has 6 heteroatoms. The first-order chi connectivity index (χ1) is 7.68. The molecule has 1 aromatic rings. The van der Waals surface area contributed by atoms with E-state index in [0.29, 0.717) is 11.6 Å². The van der Waals surface area contributed by atoms with Crippen LogP contribution in [0.5, 0.6) is 0 Å². The molecular weight excluding hydrogens is 224 g/mol. The van der Waals surface area contributed by atoms with E-state index in [-0.39, 0.29) is 11.9 Å². The number of nitrogens with one attached hydrogen (secondary N) is 2. The highest BCUT2D eigenvalue weighted by atomic mass is 32.2. The minimum atomic E-state index is -0.0868. The monoisotopic (exact) mass is 240 g/mol. The Morgan fingerprint density at radius 3 is 3.06 bits per heavy atom. The zero-order valence-electron chi connectivity index (χ0n) is 9.14. The second kappa shape index (κ2) is 7.08. The molecule has 1 unspecified atom stereocenters. The van der Waals surface area contributed by atoms with Gasteiger partial charge in [0.25, 0.3) is 0 Å². The topological polar surface area (TPSA) is 80.0 Å². The molecule has 1 amide bonds. The summed E-state index contributed by atoms with van der Waals surface area (Å²) in [6, 6.07) is 5.54. The van der Waals surface area contributed by atoms with Crippen LogP contribution in [-0.2, 0) is 4.79 Å². The van der Waals surface area contributed by atoms with E-state index in [1.807, 2.05) is 19.1 Å². The first-order valence-electron chi connectivity index (χ1n) is 4.97. The molecule has 0 aliphatic carbocycles. The van der Waals surface area contributed by atoms with Gasteiger partial charge in [0, 0.05) is 18.0 Å². The molecule has 4 N–H and O–H groups in total. The van der Waals surface area contributed by atoms with Gasteiger partial charge in [0.15, 0.2) is 0 Å². The number of hydrazine groups is 1. The van der Waals surface area contributed by atoms with Gasteiger partial charge < -0.3 is 5.73 Å². The predicted molar refractivity (Wildman–Crippen MR) is 67.0 cm³/mol. The van der Waals surface area contributed by atoms with Crippen LogP contribution in [0.1, 0.15) is 6.92 Å². The maximum absolute atomic E-state index is 11.3. The Bertz CT molecular complexity index is 318. The lowest BCUT2D eigenvalue weighted by atomic mass is 10.4. The Morgan fingerprint density at radius 2 is 2.44 bits per heavy atom. The molecule has 5 nitrogen and oxygen atoms in total. The molecule has 0 spiro atoms. The first kappa shape index (κ1) is 12.8. The Labute approximate surface area is 99.2 Å². The summed E-state index contributed by atoms with van der Waals surface area (Å²) in [6.45, 7) is 1.91. The van der Waals surface area contributed by atoms with E-state index < -0.39 is 0 Å². The molecule has 0 saturated heterocycles. The third-order valence-electron chi connectivity index (χ3n) is 1.61. The van der Waals surface area contributed by atoms with Crippen LogP contribution in [0.3, 0.4) is 0 Å². The summed E-state index contributed by atoms with van der Waals surface area (Å²) in [7, 11) is 0. The van der Waals surface area contributed by atoms with E-state index in [9.17, 15) is 4.79 Å². The van der Waals surface area contributed by atoms with Gasteiger partial charge in [-0.1, -0.05) is 6.07 Å². The zero-order valence-corrected chi connectivity index (χ0v) is 9.96. The first-order valence-corrected chi connectivity index (χ1v) is 6.13. The van der Waals surface area contributed by atoms with Crippen molar-refractivity contribution in [2.75, 3.05) is 16.9 Å². The standard InChI is InChI=1S/C10H16N4OS/c1-8(11)6-16-7-10(15)14-13-9-4-2-3-5-12-9/h2-5,8H,6-7,11H2,1H3,(H,12,13)(H,14,15). The SMILES string of the molecule is CC(N)CSCC(=O)NNc1ccccn1. The van der Waals surface area contributed by atoms with Crippen LogP contribution in [-0.4, -0.2) is 28.4 Å². The van der Waals surface area contributed by atoms with Crippen LogP contribution in [0.4, 0.5) is 5.82 Å². The fourth-order valence-corrected chi connectivity index (χ4v) is 1.69. The van der Waals surface area contributed by atoms with E-state index in [0.717, 1.165) is 5.75 Å². The summed E-state index contributed by atoms with van der Waals surface area (Å²) in [4.78, 5) is 15.3. The van der Waals surface area contributed by atoms with Crippen LogP contribution in [0.2, 0.25) is 0 Å².